The fourth-order valence-electron chi connectivity index (χ4n) is 3.15. The van der Waals surface area contributed by atoms with Gasteiger partial charge in [-0.15, -0.1) is 0 Å². The predicted octanol–water partition coefficient (Wildman–Crippen LogP) is 4.65. The fraction of sp³-hybridized carbons (Fsp3) is 0.458. The Kier molecular flexibility index (Phi) is 8.37. The second kappa shape index (κ2) is 10.7. The molecule has 0 saturated carbocycles. The first-order chi connectivity index (χ1) is 13.8. The molecule has 2 rings (SSSR count). The number of carbonyl (C=O) groups excluding carboxylic acids is 1. The number of carbonyl (C=O) groups is 1. The van der Waals surface area contributed by atoms with Gasteiger partial charge in [0.15, 0.2) is 17.6 Å². The van der Waals surface area contributed by atoms with Crippen molar-refractivity contribution in [3.8, 4) is 17.2 Å². The summed E-state index contributed by atoms with van der Waals surface area (Å²) in [5.74, 6) is 2.45. The van der Waals surface area contributed by atoms with Gasteiger partial charge >= 0.3 is 0 Å². The first kappa shape index (κ1) is 22.6. The van der Waals surface area contributed by atoms with Crippen LogP contribution in [0.5, 0.6) is 17.2 Å². The van der Waals surface area contributed by atoms with E-state index in [2.05, 4.69) is 31.3 Å². The SMILES string of the molecule is COc1ccc(CCCNC(=O)[C@H](C)Oc2cc(C)ccc2C(C)C)cc1OC. The summed E-state index contributed by atoms with van der Waals surface area (Å²) in [4.78, 5) is 12.4. The quantitative estimate of drug-likeness (QED) is 0.591. The fourth-order valence-corrected chi connectivity index (χ4v) is 3.15. The number of hydrogen-bond donors (Lipinski definition) is 1. The average molecular weight is 400 g/mol. The van der Waals surface area contributed by atoms with Crippen molar-refractivity contribution in [2.75, 3.05) is 20.8 Å². The van der Waals surface area contributed by atoms with Crippen molar-refractivity contribution in [1.29, 1.82) is 0 Å². The summed E-state index contributed by atoms with van der Waals surface area (Å²) in [7, 11) is 3.25. The molecule has 0 radical (unpaired) electrons. The number of rotatable bonds is 10. The molecule has 5 heteroatoms. The molecule has 0 spiro atoms. The summed E-state index contributed by atoms with van der Waals surface area (Å²) in [5, 5.41) is 2.97. The molecule has 0 aromatic heterocycles. The van der Waals surface area contributed by atoms with Gasteiger partial charge in [0, 0.05) is 6.54 Å². The van der Waals surface area contributed by atoms with Crippen LogP contribution in [-0.2, 0) is 11.2 Å². The van der Waals surface area contributed by atoms with E-state index in [9.17, 15) is 4.79 Å². The van der Waals surface area contributed by atoms with E-state index in [1.165, 1.54) is 0 Å². The zero-order chi connectivity index (χ0) is 21.4. The number of nitrogens with one attached hydrogen (secondary N) is 1. The highest BCUT2D eigenvalue weighted by atomic mass is 16.5. The first-order valence-electron chi connectivity index (χ1n) is 10.1. The summed E-state index contributed by atoms with van der Waals surface area (Å²) in [6.45, 7) is 8.64. The number of ether oxygens (including phenoxy) is 3. The maximum absolute atomic E-state index is 12.4. The molecule has 1 amide bonds. The maximum atomic E-state index is 12.4. The van der Waals surface area contributed by atoms with Crippen LogP contribution < -0.4 is 19.5 Å². The molecule has 29 heavy (non-hydrogen) atoms. The highest BCUT2D eigenvalue weighted by Gasteiger charge is 2.17. The van der Waals surface area contributed by atoms with Crippen LogP contribution in [-0.4, -0.2) is 32.8 Å². The van der Waals surface area contributed by atoms with Gasteiger partial charge in [-0.2, -0.15) is 0 Å². The lowest BCUT2D eigenvalue weighted by Gasteiger charge is -2.19. The zero-order valence-corrected chi connectivity index (χ0v) is 18.4. The van der Waals surface area contributed by atoms with E-state index in [4.69, 9.17) is 14.2 Å². The Hall–Kier alpha value is -2.69. The normalized spacial score (nSPS) is 11.8. The van der Waals surface area contributed by atoms with Crippen LogP contribution in [0.4, 0.5) is 0 Å². The standard InChI is InChI=1S/C24H33NO4/c1-16(2)20-11-9-17(3)14-22(20)29-18(4)24(26)25-13-7-8-19-10-12-21(27-5)23(15-19)28-6/h9-12,14-16,18H,7-8,13H2,1-6H3,(H,25,26)/t18-/m0/s1. The minimum Gasteiger partial charge on any atom is -0.493 e. The Bertz CT molecular complexity index is 817. The summed E-state index contributed by atoms with van der Waals surface area (Å²) >= 11 is 0. The van der Waals surface area contributed by atoms with Crippen molar-refractivity contribution < 1.29 is 19.0 Å². The number of methoxy groups -OCH3 is 2. The van der Waals surface area contributed by atoms with E-state index < -0.39 is 6.10 Å². The number of benzene rings is 2. The molecule has 0 aliphatic carbocycles. The molecular weight excluding hydrogens is 366 g/mol. The van der Waals surface area contributed by atoms with Crippen LogP contribution >= 0.6 is 0 Å². The van der Waals surface area contributed by atoms with E-state index in [-0.39, 0.29) is 5.91 Å². The van der Waals surface area contributed by atoms with Crippen molar-refractivity contribution >= 4 is 5.91 Å². The number of amides is 1. The minimum atomic E-state index is -0.546. The van der Waals surface area contributed by atoms with E-state index in [1.54, 1.807) is 21.1 Å². The lowest BCUT2D eigenvalue weighted by atomic mass is 10.0. The molecule has 0 aliphatic rings. The molecule has 0 fully saturated rings. The highest BCUT2D eigenvalue weighted by Crippen LogP contribution is 2.29. The van der Waals surface area contributed by atoms with Gasteiger partial charge in [-0.25, -0.2) is 0 Å². The molecule has 1 atom stereocenters. The highest BCUT2D eigenvalue weighted by molar-refractivity contribution is 5.80. The monoisotopic (exact) mass is 399 g/mol. The first-order valence-corrected chi connectivity index (χ1v) is 10.1. The van der Waals surface area contributed by atoms with E-state index in [1.807, 2.05) is 31.2 Å². The van der Waals surface area contributed by atoms with Gasteiger partial charge in [0.1, 0.15) is 5.75 Å². The van der Waals surface area contributed by atoms with Crippen LogP contribution in [0.1, 0.15) is 49.8 Å². The lowest BCUT2D eigenvalue weighted by Crippen LogP contribution is -2.37. The van der Waals surface area contributed by atoms with Gasteiger partial charge in [-0.1, -0.05) is 32.0 Å². The molecule has 0 aliphatic heterocycles. The Morgan fingerprint density at radius 2 is 1.69 bits per heavy atom. The van der Waals surface area contributed by atoms with Gasteiger partial charge in [0.2, 0.25) is 0 Å². The van der Waals surface area contributed by atoms with Gasteiger partial charge < -0.3 is 19.5 Å². The minimum absolute atomic E-state index is 0.103. The second-order valence-electron chi connectivity index (χ2n) is 7.54. The van der Waals surface area contributed by atoms with Crippen LogP contribution in [0.2, 0.25) is 0 Å². The number of hydrogen-bond acceptors (Lipinski definition) is 4. The Balaban J connectivity index is 1.84. The molecule has 5 nitrogen and oxygen atoms in total. The van der Waals surface area contributed by atoms with Crippen molar-refractivity contribution in [1.82, 2.24) is 5.32 Å². The summed E-state index contributed by atoms with van der Waals surface area (Å²) in [6.07, 6.45) is 1.12. The van der Waals surface area contributed by atoms with Gasteiger partial charge in [-0.05, 0) is 67.5 Å². The summed E-state index contributed by atoms with van der Waals surface area (Å²) in [5.41, 5.74) is 3.37. The molecule has 1 N–H and O–H groups in total. The van der Waals surface area contributed by atoms with Gasteiger partial charge in [0.05, 0.1) is 14.2 Å². The zero-order valence-electron chi connectivity index (χ0n) is 18.4. The van der Waals surface area contributed by atoms with Crippen molar-refractivity contribution in [2.45, 2.75) is 52.6 Å². The molecule has 0 unspecified atom stereocenters. The van der Waals surface area contributed by atoms with Crippen molar-refractivity contribution in [2.24, 2.45) is 0 Å². The lowest BCUT2D eigenvalue weighted by molar-refractivity contribution is -0.127. The van der Waals surface area contributed by atoms with Gasteiger partial charge in [-0.3, -0.25) is 4.79 Å². The third-order valence-electron chi connectivity index (χ3n) is 4.85. The molecule has 2 aromatic carbocycles. The number of aryl methyl sites for hydroxylation is 2. The van der Waals surface area contributed by atoms with Gasteiger partial charge in [0.25, 0.3) is 5.91 Å². The molecular formula is C24H33NO4. The smallest absolute Gasteiger partial charge is 0.260 e. The van der Waals surface area contributed by atoms with Crippen LogP contribution in [0.25, 0.3) is 0 Å². The third-order valence-corrected chi connectivity index (χ3v) is 4.85. The topological polar surface area (TPSA) is 56.8 Å². The Morgan fingerprint density at radius 1 is 0.966 bits per heavy atom. The summed E-state index contributed by atoms with van der Waals surface area (Å²) < 4.78 is 16.6. The molecule has 158 valence electrons. The van der Waals surface area contributed by atoms with Crippen LogP contribution in [0.15, 0.2) is 36.4 Å². The van der Waals surface area contributed by atoms with Crippen LogP contribution in [0.3, 0.4) is 0 Å². The van der Waals surface area contributed by atoms with E-state index >= 15 is 0 Å². The van der Waals surface area contributed by atoms with Crippen molar-refractivity contribution in [3.63, 3.8) is 0 Å². The summed E-state index contributed by atoms with van der Waals surface area (Å²) in [6, 6.07) is 12.0. The molecule has 2 aromatic rings. The Labute approximate surface area is 174 Å². The van der Waals surface area contributed by atoms with E-state index in [0.717, 1.165) is 41.0 Å². The van der Waals surface area contributed by atoms with Crippen LogP contribution in [0, 0.1) is 6.92 Å². The molecule has 0 saturated heterocycles. The average Bonchev–Trinajstić information content (AvgIpc) is 2.70. The molecule has 0 heterocycles. The third kappa shape index (κ3) is 6.41. The largest absolute Gasteiger partial charge is 0.493 e. The van der Waals surface area contributed by atoms with E-state index in [0.29, 0.717) is 18.2 Å². The Morgan fingerprint density at radius 3 is 2.34 bits per heavy atom. The van der Waals surface area contributed by atoms with Crippen molar-refractivity contribution in [3.05, 3.63) is 53.1 Å². The predicted molar refractivity (Wildman–Crippen MR) is 116 cm³/mol. The second-order valence-corrected chi connectivity index (χ2v) is 7.54. The molecule has 0 bridgehead atoms. The maximum Gasteiger partial charge on any atom is 0.260 e.